The lowest BCUT2D eigenvalue weighted by atomic mass is 10.1. The van der Waals surface area contributed by atoms with Gasteiger partial charge in [-0.2, -0.15) is 5.10 Å². The monoisotopic (exact) mass is 368 g/mol. The zero-order valence-electron chi connectivity index (χ0n) is 15.6. The minimum Gasteiger partial charge on any atom is -0.359 e. The number of halogens is 1. The van der Waals surface area contributed by atoms with Crippen LogP contribution in [0.1, 0.15) is 50.0 Å². The quantitative estimate of drug-likeness (QED) is 0.648. The molecule has 4 rings (SSSR count). The molecule has 1 aliphatic heterocycles. The van der Waals surface area contributed by atoms with Crippen LogP contribution in [-0.2, 0) is 13.1 Å². The van der Waals surface area contributed by atoms with Crippen molar-refractivity contribution in [3.63, 3.8) is 0 Å². The molecule has 0 bridgehead atoms. The third-order valence-corrected chi connectivity index (χ3v) is 5.26. The Hall–Kier alpha value is -2.47. The molecule has 0 radical (unpaired) electrons. The second-order valence-corrected chi connectivity index (χ2v) is 7.16. The lowest BCUT2D eigenvalue weighted by Gasteiger charge is -2.27. The van der Waals surface area contributed by atoms with E-state index in [0.29, 0.717) is 0 Å². The topological polar surface area (TPSA) is 47.1 Å². The van der Waals surface area contributed by atoms with Gasteiger partial charge in [0, 0.05) is 36.5 Å². The lowest BCUT2D eigenvalue weighted by molar-refractivity contribution is 0.160. The molecule has 3 heterocycles. The fourth-order valence-electron chi connectivity index (χ4n) is 3.78. The summed E-state index contributed by atoms with van der Waals surface area (Å²) < 4.78 is 20.9. The molecule has 1 aliphatic rings. The molecule has 0 unspecified atom stereocenters. The van der Waals surface area contributed by atoms with Crippen LogP contribution in [0.4, 0.5) is 4.39 Å². The highest BCUT2D eigenvalue weighted by molar-refractivity contribution is 5.58. The van der Waals surface area contributed by atoms with E-state index in [9.17, 15) is 4.39 Å². The Bertz CT molecular complexity index is 870. The molecule has 142 valence electrons. The van der Waals surface area contributed by atoms with Crippen molar-refractivity contribution in [2.24, 2.45) is 0 Å². The minimum atomic E-state index is -0.245. The first kappa shape index (κ1) is 17.9. The van der Waals surface area contributed by atoms with E-state index in [-0.39, 0.29) is 11.9 Å². The fourth-order valence-corrected chi connectivity index (χ4v) is 3.78. The van der Waals surface area contributed by atoms with Gasteiger partial charge < -0.3 is 4.52 Å². The summed E-state index contributed by atoms with van der Waals surface area (Å²) in [6.45, 7) is 4.87. The number of hydrogen-bond acceptors (Lipinski definition) is 4. The van der Waals surface area contributed by atoms with Crippen molar-refractivity contribution in [2.75, 3.05) is 6.54 Å². The molecular formula is C21H25FN4O. The van der Waals surface area contributed by atoms with Gasteiger partial charge in [-0.1, -0.05) is 18.0 Å². The van der Waals surface area contributed by atoms with Crippen molar-refractivity contribution in [1.29, 1.82) is 0 Å². The van der Waals surface area contributed by atoms with E-state index < -0.39 is 0 Å². The van der Waals surface area contributed by atoms with Gasteiger partial charge in [-0.25, -0.2) is 4.39 Å². The summed E-state index contributed by atoms with van der Waals surface area (Å²) in [5.74, 6) is 0.643. The van der Waals surface area contributed by atoms with Gasteiger partial charge in [0.2, 0.25) is 0 Å². The third-order valence-electron chi connectivity index (χ3n) is 5.26. The maximum Gasteiger partial charge on any atom is 0.154 e. The predicted molar refractivity (Wildman–Crippen MR) is 101 cm³/mol. The van der Waals surface area contributed by atoms with Gasteiger partial charge in [0.1, 0.15) is 11.5 Å². The molecule has 1 atom stereocenters. The molecule has 0 amide bonds. The van der Waals surface area contributed by atoms with E-state index >= 15 is 0 Å². The Balaban J connectivity index is 1.56. The largest absolute Gasteiger partial charge is 0.359 e. The highest BCUT2D eigenvalue weighted by Gasteiger charge is 2.26. The van der Waals surface area contributed by atoms with Gasteiger partial charge in [-0.3, -0.25) is 9.58 Å². The van der Waals surface area contributed by atoms with Gasteiger partial charge in [0.25, 0.3) is 0 Å². The maximum atomic E-state index is 13.2. The molecular weight excluding hydrogens is 343 g/mol. The average molecular weight is 368 g/mol. The molecule has 3 aromatic rings. The van der Waals surface area contributed by atoms with E-state index in [2.05, 4.69) is 28.3 Å². The molecule has 0 N–H and O–H groups in total. The molecule has 1 saturated heterocycles. The van der Waals surface area contributed by atoms with Crippen LogP contribution in [0.2, 0.25) is 0 Å². The number of aromatic nitrogens is 3. The Kier molecular flexibility index (Phi) is 5.34. The van der Waals surface area contributed by atoms with E-state index in [4.69, 9.17) is 4.52 Å². The van der Waals surface area contributed by atoms with Gasteiger partial charge in [0.15, 0.2) is 5.76 Å². The van der Waals surface area contributed by atoms with Gasteiger partial charge in [-0.05, 0) is 50.6 Å². The van der Waals surface area contributed by atoms with Crippen LogP contribution >= 0.6 is 0 Å². The number of benzene rings is 1. The van der Waals surface area contributed by atoms with Gasteiger partial charge >= 0.3 is 0 Å². The summed E-state index contributed by atoms with van der Waals surface area (Å²) in [7, 11) is 0. The van der Waals surface area contributed by atoms with Crippen molar-refractivity contribution < 1.29 is 8.91 Å². The predicted octanol–water partition coefficient (Wildman–Crippen LogP) is 4.81. The second kappa shape index (κ2) is 8.05. The number of likely N-dealkylation sites (tertiary alicyclic amines) is 1. The molecule has 0 saturated carbocycles. The zero-order chi connectivity index (χ0) is 18.6. The van der Waals surface area contributed by atoms with Gasteiger partial charge in [0.05, 0.1) is 12.2 Å². The maximum absolute atomic E-state index is 13.2. The van der Waals surface area contributed by atoms with E-state index in [0.717, 1.165) is 43.1 Å². The molecule has 1 aromatic carbocycles. The van der Waals surface area contributed by atoms with Crippen LogP contribution in [0.15, 0.2) is 47.2 Å². The van der Waals surface area contributed by atoms with Crippen molar-refractivity contribution in [1.82, 2.24) is 19.8 Å². The van der Waals surface area contributed by atoms with E-state index in [1.54, 1.807) is 12.1 Å². The van der Waals surface area contributed by atoms with Crippen molar-refractivity contribution >= 4 is 0 Å². The van der Waals surface area contributed by atoms with Crippen molar-refractivity contribution in [2.45, 2.75) is 51.7 Å². The molecule has 1 fully saturated rings. The smallest absolute Gasteiger partial charge is 0.154 e. The van der Waals surface area contributed by atoms with E-state index in [1.807, 2.05) is 16.9 Å². The minimum absolute atomic E-state index is 0.208. The molecule has 0 aliphatic carbocycles. The first-order chi connectivity index (χ1) is 13.2. The normalized spacial score (nSPS) is 18.5. The summed E-state index contributed by atoms with van der Waals surface area (Å²) in [6, 6.07) is 8.59. The molecule has 27 heavy (non-hydrogen) atoms. The van der Waals surface area contributed by atoms with Crippen LogP contribution in [0, 0.1) is 5.82 Å². The number of nitrogens with zero attached hydrogens (tertiary/aromatic N) is 4. The fraction of sp³-hybridized carbons (Fsp3) is 0.429. The van der Waals surface area contributed by atoms with E-state index in [1.165, 1.54) is 37.0 Å². The molecule has 5 nitrogen and oxygen atoms in total. The van der Waals surface area contributed by atoms with Crippen LogP contribution in [0.25, 0.3) is 11.3 Å². The summed E-state index contributed by atoms with van der Waals surface area (Å²) in [5, 5.41) is 8.64. The van der Waals surface area contributed by atoms with Crippen molar-refractivity contribution in [3.05, 3.63) is 59.9 Å². The molecule has 6 heteroatoms. The lowest BCUT2D eigenvalue weighted by Crippen LogP contribution is -2.27. The first-order valence-corrected chi connectivity index (χ1v) is 9.71. The molecule has 0 spiro atoms. The highest BCUT2D eigenvalue weighted by atomic mass is 19.1. The highest BCUT2D eigenvalue weighted by Crippen LogP contribution is 2.33. The zero-order valence-corrected chi connectivity index (χ0v) is 15.6. The van der Waals surface area contributed by atoms with Crippen LogP contribution < -0.4 is 0 Å². The third kappa shape index (κ3) is 4.11. The first-order valence-electron chi connectivity index (χ1n) is 9.71. The molecule has 2 aromatic heterocycles. The van der Waals surface area contributed by atoms with Crippen LogP contribution in [0.3, 0.4) is 0 Å². The summed E-state index contributed by atoms with van der Waals surface area (Å²) in [6.07, 6.45) is 8.74. The summed E-state index contributed by atoms with van der Waals surface area (Å²) in [5.41, 5.74) is 2.85. The Morgan fingerprint density at radius 2 is 2.04 bits per heavy atom. The van der Waals surface area contributed by atoms with Crippen LogP contribution in [0.5, 0.6) is 0 Å². The Morgan fingerprint density at radius 1 is 1.19 bits per heavy atom. The summed E-state index contributed by atoms with van der Waals surface area (Å²) in [4.78, 5) is 2.47. The number of rotatable bonds is 5. The van der Waals surface area contributed by atoms with Crippen LogP contribution in [-0.4, -0.2) is 26.4 Å². The second-order valence-electron chi connectivity index (χ2n) is 7.16. The SMILES string of the molecule is CCn1cc(CN2CCCCC[C@@H]2c2cc(-c3ccc(F)cc3)no2)cn1. The van der Waals surface area contributed by atoms with Gasteiger partial charge in [-0.15, -0.1) is 0 Å². The number of hydrogen-bond donors (Lipinski definition) is 0. The standard InChI is InChI=1S/C21H25FN4O/c1-2-26-15-16(13-23-26)14-25-11-5-3-4-6-20(25)21-12-19(24-27-21)17-7-9-18(22)10-8-17/h7-10,12-13,15,20H,2-6,11,14H2,1H3/t20-/m1/s1. The summed E-state index contributed by atoms with van der Waals surface area (Å²) >= 11 is 0. The Morgan fingerprint density at radius 3 is 2.81 bits per heavy atom. The Labute approximate surface area is 158 Å². The average Bonchev–Trinajstić information content (AvgIpc) is 3.29. The van der Waals surface area contributed by atoms with Crippen molar-refractivity contribution in [3.8, 4) is 11.3 Å². The number of aryl methyl sites for hydroxylation is 1.